The third-order valence-corrected chi connectivity index (χ3v) is 5.44. The summed E-state index contributed by atoms with van der Waals surface area (Å²) in [4.78, 5) is 14.5. The van der Waals surface area contributed by atoms with Crippen molar-refractivity contribution in [2.75, 3.05) is 13.6 Å². The minimum Gasteiger partial charge on any atom is -0.345 e. The minimum absolute atomic E-state index is 0.832. The number of pyridine rings is 1. The zero-order chi connectivity index (χ0) is 18.7. The van der Waals surface area contributed by atoms with E-state index in [1.54, 1.807) is 10.7 Å². The van der Waals surface area contributed by atoms with E-state index in [0.29, 0.717) is 0 Å². The monoisotopic (exact) mass is 370 g/mol. The van der Waals surface area contributed by atoms with Crippen molar-refractivity contribution in [2.45, 2.75) is 13.1 Å². The second-order valence-corrected chi connectivity index (χ2v) is 7.24. The molecule has 0 atom stereocenters. The highest BCUT2D eigenvalue weighted by atomic mass is 15.3. The molecule has 0 fully saturated rings. The SMILES string of the molecule is CN1CCn2ncc(-c3cnc4[nH]cc(-c5ccc6nccn6n5)c4c3)c2C1. The van der Waals surface area contributed by atoms with E-state index >= 15 is 0 Å². The predicted molar refractivity (Wildman–Crippen MR) is 106 cm³/mol. The molecule has 8 heteroatoms. The molecule has 0 amide bonds. The summed E-state index contributed by atoms with van der Waals surface area (Å²) >= 11 is 0. The second kappa shape index (κ2) is 5.74. The van der Waals surface area contributed by atoms with Gasteiger partial charge in [0.2, 0.25) is 0 Å². The Morgan fingerprint density at radius 1 is 1.07 bits per heavy atom. The van der Waals surface area contributed by atoms with E-state index < -0.39 is 0 Å². The molecule has 0 bridgehead atoms. The van der Waals surface area contributed by atoms with Gasteiger partial charge in [0.1, 0.15) is 5.65 Å². The van der Waals surface area contributed by atoms with Crippen molar-refractivity contribution < 1.29 is 0 Å². The number of hydrogen-bond donors (Lipinski definition) is 1. The summed E-state index contributed by atoms with van der Waals surface area (Å²) in [7, 11) is 2.14. The number of rotatable bonds is 2. The van der Waals surface area contributed by atoms with Crippen LogP contribution in [0.5, 0.6) is 0 Å². The van der Waals surface area contributed by atoms with Crippen LogP contribution in [0.3, 0.4) is 0 Å². The predicted octanol–water partition coefficient (Wildman–Crippen LogP) is 2.58. The third kappa shape index (κ3) is 2.28. The normalized spacial score (nSPS) is 14.8. The van der Waals surface area contributed by atoms with Gasteiger partial charge in [-0.05, 0) is 25.2 Å². The number of H-pyrrole nitrogens is 1. The maximum atomic E-state index is 4.68. The molecule has 0 saturated heterocycles. The molecule has 6 heterocycles. The number of aromatic nitrogens is 7. The zero-order valence-corrected chi connectivity index (χ0v) is 15.4. The summed E-state index contributed by atoms with van der Waals surface area (Å²) in [5.74, 6) is 0. The van der Waals surface area contributed by atoms with E-state index in [-0.39, 0.29) is 0 Å². The summed E-state index contributed by atoms with van der Waals surface area (Å²) < 4.78 is 3.89. The van der Waals surface area contributed by atoms with Crippen LogP contribution in [-0.4, -0.2) is 52.8 Å². The Balaban J connectivity index is 1.50. The Morgan fingerprint density at radius 2 is 2.04 bits per heavy atom. The molecule has 0 spiro atoms. The number of fused-ring (bicyclic) bond motifs is 3. The number of likely N-dealkylation sites (N-methyl/N-ethyl adjacent to an activating group) is 1. The molecule has 5 aromatic heterocycles. The van der Waals surface area contributed by atoms with Crippen LogP contribution in [-0.2, 0) is 13.1 Å². The number of hydrogen-bond acceptors (Lipinski definition) is 5. The molecule has 8 nitrogen and oxygen atoms in total. The van der Waals surface area contributed by atoms with Gasteiger partial charge in [0.25, 0.3) is 0 Å². The van der Waals surface area contributed by atoms with Crippen molar-refractivity contribution in [2.24, 2.45) is 0 Å². The molecule has 6 rings (SSSR count). The number of nitrogens with zero attached hydrogens (tertiary/aromatic N) is 7. The maximum Gasteiger partial charge on any atom is 0.153 e. The van der Waals surface area contributed by atoms with Gasteiger partial charge < -0.3 is 4.98 Å². The van der Waals surface area contributed by atoms with E-state index in [9.17, 15) is 0 Å². The lowest BCUT2D eigenvalue weighted by molar-refractivity contribution is 0.259. The smallest absolute Gasteiger partial charge is 0.153 e. The van der Waals surface area contributed by atoms with Crippen molar-refractivity contribution in [3.8, 4) is 22.4 Å². The van der Waals surface area contributed by atoms with Crippen LogP contribution in [0.25, 0.3) is 39.1 Å². The number of nitrogens with one attached hydrogen (secondary N) is 1. The molecule has 1 N–H and O–H groups in total. The fraction of sp³-hybridized carbons (Fsp3) is 0.200. The topological polar surface area (TPSA) is 79.9 Å². The Hall–Kier alpha value is -3.52. The van der Waals surface area contributed by atoms with E-state index in [1.165, 1.54) is 5.69 Å². The quantitative estimate of drug-likeness (QED) is 0.517. The van der Waals surface area contributed by atoms with Gasteiger partial charge in [0.15, 0.2) is 5.65 Å². The highest BCUT2D eigenvalue weighted by molar-refractivity contribution is 5.95. The lowest BCUT2D eigenvalue weighted by Gasteiger charge is -2.24. The first kappa shape index (κ1) is 15.5. The molecule has 28 heavy (non-hydrogen) atoms. The van der Waals surface area contributed by atoms with Crippen LogP contribution >= 0.6 is 0 Å². The van der Waals surface area contributed by atoms with Crippen molar-refractivity contribution in [3.63, 3.8) is 0 Å². The standard InChI is InChI=1S/C20H18N8/c1-26-6-7-27-18(12-26)15(11-24-27)13-8-14-16(10-23-20(14)22-9-13)17-2-3-19-21-4-5-28(19)25-17/h2-5,8-11H,6-7,12H2,1H3,(H,22,23). The molecular formula is C20H18N8. The summed E-state index contributed by atoms with van der Waals surface area (Å²) in [5, 5.41) is 10.3. The average molecular weight is 370 g/mol. The zero-order valence-electron chi connectivity index (χ0n) is 15.4. The maximum absolute atomic E-state index is 4.68. The molecule has 0 unspecified atom stereocenters. The fourth-order valence-corrected chi connectivity index (χ4v) is 3.93. The molecule has 0 aromatic carbocycles. The Morgan fingerprint density at radius 3 is 3.00 bits per heavy atom. The van der Waals surface area contributed by atoms with Crippen LogP contribution in [0.2, 0.25) is 0 Å². The molecular weight excluding hydrogens is 352 g/mol. The fourth-order valence-electron chi connectivity index (χ4n) is 3.93. The summed E-state index contributed by atoms with van der Waals surface area (Å²) in [6.07, 6.45) is 9.45. The third-order valence-electron chi connectivity index (χ3n) is 5.44. The van der Waals surface area contributed by atoms with Gasteiger partial charge in [-0.25, -0.2) is 14.5 Å². The van der Waals surface area contributed by atoms with E-state index in [0.717, 1.165) is 58.7 Å². The summed E-state index contributed by atoms with van der Waals surface area (Å²) in [6.45, 7) is 2.84. The lowest BCUT2D eigenvalue weighted by Crippen LogP contribution is -2.30. The van der Waals surface area contributed by atoms with Crippen LogP contribution < -0.4 is 0 Å². The van der Waals surface area contributed by atoms with Crippen molar-refractivity contribution in [3.05, 3.63) is 54.9 Å². The molecule has 138 valence electrons. The highest BCUT2D eigenvalue weighted by Crippen LogP contribution is 2.32. The van der Waals surface area contributed by atoms with E-state index in [4.69, 9.17) is 0 Å². The number of aromatic amines is 1. The average Bonchev–Trinajstić information content (AvgIpc) is 3.44. The molecule has 0 aliphatic carbocycles. The van der Waals surface area contributed by atoms with Gasteiger partial charge in [0, 0.05) is 60.0 Å². The van der Waals surface area contributed by atoms with Gasteiger partial charge in [-0.2, -0.15) is 10.2 Å². The first-order chi connectivity index (χ1) is 13.8. The van der Waals surface area contributed by atoms with Gasteiger partial charge >= 0.3 is 0 Å². The Bertz CT molecular complexity index is 1320. The first-order valence-electron chi connectivity index (χ1n) is 9.28. The summed E-state index contributed by atoms with van der Waals surface area (Å²) in [5.41, 5.74) is 7.05. The highest BCUT2D eigenvalue weighted by Gasteiger charge is 2.20. The van der Waals surface area contributed by atoms with E-state index in [2.05, 4.69) is 47.8 Å². The molecule has 5 aromatic rings. The molecule has 1 aliphatic rings. The Labute approximate surface area is 160 Å². The van der Waals surface area contributed by atoms with Crippen LogP contribution in [0.15, 0.2) is 49.2 Å². The lowest BCUT2D eigenvalue weighted by atomic mass is 10.0. The molecule has 0 radical (unpaired) electrons. The second-order valence-electron chi connectivity index (χ2n) is 7.24. The number of imidazole rings is 1. The summed E-state index contributed by atoms with van der Waals surface area (Å²) in [6, 6.07) is 6.15. The van der Waals surface area contributed by atoms with Crippen LogP contribution in [0.4, 0.5) is 0 Å². The van der Waals surface area contributed by atoms with Crippen LogP contribution in [0, 0.1) is 0 Å². The van der Waals surface area contributed by atoms with Gasteiger partial charge in [0.05, 0.1) is 24.1 Å². The molecule has 0 saturated carbocycles. The van der Waals surface area contributed by atoms with Crippen molar-refractivity contribution in [1.29, 1.82) is 0 Å². The van der Waals surface area contributed by atoms with E-state index in [1.807, 2.05) is 36.9 Å². The first-order valence-corrected chi connectivity index (χ1v) is 9.28. The Kier molecular flexibility index (Phi) is 3.18. The van der Waals surface area contributed by atoms with Gasteiger partial charge in [-0.3, -0.25) is 9.58 Å². The van der Waals surface area contributed by atoms with Crippen LogP contribution in [0.1, 0.15) is 5.69 Å². The van der Waals surface area contributed by atoms with Crippen molar-refractivity contribution >= 4 is 16.7 Å². The molecule has 1 aliphatic heterocycles. The van der Waals surface area contributed by atoms with Gasteiger partial charge in [-0.15, -0.1) is 0 Å². The minimum atomic E-state index is 0.832. The van der Waals surface area contributed by atoms with Gasteiger partial charge in [-0.1, -0.05) is 0 Å². The largest absolute Gasteiger partial charge is 0.345 e. The van der Waals surface area contributed by atoms with Crippen molar-refractivity contribution in [1.82, 2.24) is 39.2 Å².